The maximum absolute atomic E-state index is 12.4. The minimum atomic E-state index is -0.349. The van der Waals surface area contributed by atoms with Crippen LogP contribution in [0.15, 0.2) is 56.3 Å². The Morgan fingerprint density at radius 2 is 2.04 bits per heavy atom. The van der Waals surface area contributed by atoms with Crippen LogP contribution in [0.2, 0.25) is 0 Å². The molecule has 0 atom stereocenters. The van der Waals surface area contributed by atoms with Crippen molar-refractivity contribution >= 4 is 16.9 Å². The molecule has 0 saturated carbocycles. The first-order valence-electron chi connectivity index (χ1n) is 9.50. The van der Waals surface area contributed by atoms with E-state index in [9.17, 15) is 9.59 Å². The number of hydrogen-bond acceptors (Lipinski definition) is 5. The van der Waals surface area contributed by atoms with E-state index >= 15 is 0 Å². The van der Waals surface area contributed by atoms with Crippen molar-refractivity contribution in [3.05, 3.63) is 64.4 Å². The summed E-state index contributed by atoms with van der Waals surface area (Å²) >= 11 is 0. The van der Waals surface area contributed by atoms with Gasteiger partial charge >= 0.3 is 5.63 Å². The quantitative estimate of drug-likeness (QED) is 0.673. The second kappa shape index (κ2) is 7.90. The molecule has 4 rings (SSSR count). The van der Waals surface area contributed by atoms with Crippen molar-refractivity contribution in [2.45, 2.75) is 13.5 Å². The molecule has 1 saturated heterocycles. The highest BCUT2D eigenvalue weighted by Gasteiger charge is 2.26. The predicted octanol–water partition coefficient (Wildman–Crippen LogP) is 1.33. The summed E-state index contributed by atoms with van der Waals surface area (Å²) in [5, 5.41) is 0.896. The number of rotatable bonds is 5. The van der Waals surface area contributed by atoms with Crippen LogP contribution in [0.5, 0.6) is 5.75 Å². The standard InChI is InChI=1S/C21H22N2O5/c1-2-26-16-5-6-18-17(13-16)15(12-20(24)28-18)14-22-7-9-23(10-8-22)21(25)19-4-3-11-27-19/h3-6,11-13H,2,7-10,14H2,1H3/p+1. The van der Waals surface area contributed by atoms with Crippen molar-refractivity contribution < 1.29 is 23.3 Å². The van der Waals surface area contributed by atoms with Crippen LogP contribution in [0.1, 0.15) is 23.0 Å². The molecule has 3 heterocycles. The molecular weight excluding hydrogens is 360 g/mol. The molecular formula is C21H23N2O5+. The van der Waals surface area contributed by atoms with Gasteiger partial charge in [0.2, 0.25) is 0 Å². The number of carbonyl (C=O) groups is 1. The molecule has 0 unspecified atom stereocenters. The number of piperazine rings is 1. The molecule has 1 N–H and O–H groups in total. The van der Waals surface area contributed by atoms with Crippen LogP contribution in [0, 0.1) is 0 Å². The molecule has 0 radical (unpaired) electrons. The van der Waals surface area contributed by atoms with Crippen LogP contribution in [0.3, 0.4) is 0 Å². The number of amides is 1. The van der Waals surface area contributed by atoms with Gasteiger partial charge in [-0.3, -0.25) is 4.79 Å². The number of furan rings is 1. The SMILES string of the molecule is CCOc1ccc2oc(=O)cc(C[NH+]3CCN(C(=O)c4ccco4)CC3)c2c1. The van der Waals surface area contributed by atoms with E-state index in [1.54, 1.807) is 24.3 Å². The molecule has 146 valence electrons. The lowest BCUT2D eigenvalue weighted by Gasteiger charge is -2.31. The summed E-state index contributed by atoms with van der Waals surface area (Å²) in [5.74, 6) is 1.06. The molecule has 1 amide bonds. The normalized spacial score (nSPS) is 15.1. The molecule has 0 spiro atoms. The highest BCUT2D eigenvalue weighted by molar-refractivity contribution is 5.91. The maximum atomic E-state index is 12.4. The van der Waals surface area contributed by atoms with E-state index in [0.29, 0.717) is 37.6 Å². The second-order valence-electron chi connectivity index (χ2n) is 6.88. The van der Waals surface area contributed by atoms with Gasteiger partial charge in [0, 0.05) is 17.0 Å². The predicted molar refractivity (Wildman–Crippen MR) is 103 cm³/mol. The average molecular weight is 383 g/mol. The zero-order valence-electron chi connectivity index (χ0n) is 15.8. The van der Waals surface area contributed by atoms with Crippen LogP contribution in [-0.4, -0.2) is 43.6 Å². The van der Waals surface area contributed by atoms with Crippen LogP contribution in [-0.2, 0) is 6.54 Å². The number of hydrogen-bond donors (Lipinski definition) is 1. The highest BCUT2D eigenvalue weighted by Crippen LogP contribution is 2.22. The zero-order valence-corrected chi connectivity index (χ0v) is 15.8. The van der Waals surface area contributed by atoms with E-state index in [2.05, 4.69) is 0 Å². The van der Waals surface area contributed by atoms with Crippen molar-refractivity contribution in [3.63, 3.8) is 0 Å². The van der Waals surface area contributed by atoms with Crippen LogP contribution < -0.4 is 15.3 Å². The molecule has 7 heteroatoms. The fraction of sp³-hybridized carbons (Fsp3) is 0.333. The minimum Gasteiger partial charge on any atom is -0.494 e. The van der Waals surface area contributed by atoms with Gasteiger partial charge in [0.1, 0.15) is 17.9 Å². The summed E-state index contributed by atoms with van der Waals surface area (Å²) in [6, 6.07) is 10.5. The molecule has 1 aromatic carbocycles. The topological polar surface area (TPSA) is 77.3 Å². The van der Waals surface area contributed by atoms with E-state index in [1.807, 2.05) is 24.0 Å². The van der Waals surface area contributed by atoms with Gasteiger partial charge in [-0.1, -0.05) is 0 Å². The van der Waals surface area contributed by atoms with Crippen LogP contribution in [0.25, 0.3) is 11.0 Å². The summed E-state index contributed by atoms with van der Waals surface area (Å²) in [4.78, 5) is 27.5. The van der Waals surface area contributed by atoms with Gasteiger partial charge in [0.05, 0.1) is 39.0 Å². The summed E-state index contributed by atoms with van der Waals surface area (Å²) in [6.45, 7) is 6.12. The molecule has 0 bridgehead atoms. The summed E-state index contributed by atoms with van der Waals surface area (Å²) in [6.07, 6.45) is 1.51. The summed E-state index contributed by atoms with van der Waals surface area (Å²) in [5.41, 5.74) is 1.16. The average Bonchev–Trinajstić information content (AvgIpc) is 3.23. The van der Waals surface area contributed by atoms with Gasteiger partial charge in [0.25, 0.3) is 5.91 Å². The Hall–Kier alpha value is -3.06. The first-order chi connectivity index (χ1) is 13.6. The highest BCUT2D eigenvalue weighted by atomic mass is 16.5. The molecule has 2 aromatic heterocycles. The first kappa shape index (κ1) is 18.3. The number of carbonyl (C=O) groups excluding carboxylic acids is 1. The fourth-order valence-corrected chi connectivity index (χ4v) is 3.64. The number of nitrogens with zero attached hydrogens (tertiary/aromatic N) is 1. The fourth-order valence-electron chi connectivity index (χ4n) is 3.64. The molecule has 1 aliphatic heterocycles. The number of fused-ring (bicyclic) bond motifs is 1. The van der Waals surface area contributed by atoms with Crippen LogP contribution >= 0.6 is 0 Å². The molecule has 0 aliphatic carbocycles. The third kappa shape index (κ3) is 3.80. The van der Waals surface area contributed by atoms with Crippen molar-refractivity contribution in [1.29, 1.82) is 0 Å². The molecule has 28 heavy (non-hydrogen) atoms. The number of benzene rings is 1. The van der Waals surface area contributed by atoms with E-state index < -0.39 is 0 Å². The first-order valence-corrected chi connectivity index (χ1v) is 9.50. The van der Waals surface area contributed by atoms with Gasteiger partial charge in [0.15, 0.2) is 5.76 Å². The molecule has 7 nitrogen and oxygen atoms in total. The maximum Gasteiger partial charge on any atom is 0.336 e. The van der Waals surface area contributed by atoms with Gasteiger partial charge in [-0.15, -0.1) is 0 Å². The molecule has 3 aromatic rings. The van der Waals surface area contributed by atoms with E-state index in [-0.39, 0.29) is 11.5 Å². The van der Waals surface area contributed by atoms with E-state index in [4.69, 9.17) is 13.6 Å². The smallest absolute Gasteiger partial charge is 0.336 e. The number of nitrogens with one attached hydrogen (secondary N) is 1. The Labute approximate surface area is 162 Å². The lowest BCUT2D eigenvalue weighted by Crippen LogP contribution is -3.13. The van der Waals surface area contributed by atoms with Gasteiger partial charge < -0.3 is 23.4 Å². The number of ether oxygens (including phenoxy) is 1. The van der Waals surface area contributed by atoms with Gasteiger partial charge in [-0.25, -0.2) is 4.79 Å². The Kier molecular flexibility index (Phi) is 5.16. The second-order valence-corrected chi connectivity index (χ2v) is 6.88. The third-order valence-corrected chi connectivity index (χ3v) is 5.04. The van der Waals surface area contributed by atoms with Crippen molar-refractivity contribution in [2.24, 2.45) is 0 Å². The van der Waals surface area contributed by atoms with Crippen LogP contribution in [0.4, 0.5) is 0 Å². The Bertz CT molecular complexity index is 1020. The Balaban J connectivity index is 1.49. The minimum absolute atomic E-state index is 0.0730. The van der Waals surface area contributed by atoms with Gasteiger partial charge in [-0.2, -0.15) is 0 Å². The van der Waals surface area contributed by atoms with Crippen molar-refractivity contribution in [3.8, 4) is 5.75 Å². The van der Waals surface area contributed by atoms with Gasteiger partial charge in [-0.05, 0) is 37.3 Å². The third-order valence-electron chi connectivity index (χ3n) is 5.04. The lowest BCUT2D eigenvalue weighted by atomic mass is 10.1. The zero-order chi connectivity index (χ0) is 19.5. The summed E-state index contributed by atoms with van der Waals surface area (Å²) in [7, 11) is 0. The number of quaternary nitrogens is 1. The van der Waals surface area contributed by atoms with E-state index in [0.717, 1.165) is 29.8 Å². The molecule has 1 aliphatic rings. The van der Waals surface area contributed by atoms with Crippen molar-refractivity contribution in [2.75, 3.05) is 32.8 Å². The largest absolute Gasteiger partial charge is 0.494 e. The lowest BCUT2D eigenvalue weighted by molar-refractivity contribution is -0.917. The summed E-state index contributed by atoms with van der Waals surface area (Å²) < 4.78 is 16.1. The van der Waals surface area contributed by atoms with Crippen molar-refractivity contribution in [1.82, 2.24) is 4.90 Å². The molecule has 1 fully saturated rings. The monoisotopic (exact) mass is 383 g/mol. The Morgan fingerprint density at radius 1 is 1.21 bits per heavy atom. The van der Waals surface area contributed by atoms with E-state index in [1.165, 1.54) is 11.2 Å². The Morgan fingerprint density at radius 3 is 2.75 bits per heavy atom.